The van der Waals surface area contributed by atoms with E-state index in [-0.39, 0.29) is 12.2 Å². The molecule has 222 valence electrons. The van der Waals surface area contributed by atoms with Crippen molar-refractivity contribution < 1.29 is 23.4 Å². The number of aromatic nitrogens is 1. The molecule has 3 aromatic rings. The fourth-order valence-corrected chi connectivity index (χ4v) is 12.0. The summed E-state index contributed by atoms with van der Waals surface area (Å²) in [6, 6.07) is 18.3. The number of benzene rings is 2. The van der Waals surface area contributed by atoms with E-state index in [2.05, 4.69) is 71.6 Å². The fourth-order valence-electron chi connectivity index (χ4n) is 6.52. The standard InChI is InChI=1S/C34H47NO5Si/c1-9-37-31(19-20-39-41(23(2)3,24(4)5)25(6)7)26-13-16-28(17-14-26)40-32-22-38-34-29(11-10-12-30(32)34)27-15-18-33(36-8)35-21-27/h10-18,21,23-25,31-32H,9,19-20,22H2,1-8H3/t31-,32+/m0/s1. The van der Waals surface area contributed by atoms with Gasteiger partial charge in [0.1, 0.15) is 18.1 Å². The monoisotopic (exact) mass is 577 g/mol. The third kappa shape index (κ3) is 6.79. The Balaban J connectivity index is 1.43. The van der Waals surface area contributed by atoms with Crippen LogP contribution in [0.4, 0.5) is 0 Å². The molecule has 1 aliphatic rings. The first-order chi connectivity index (χ1) is 19.7. The van der Waals surface area contributed by atoms with Crippen LogP contribution in [0, 0.1) is 0 Å². The molecule has 0 spiro atoms. The third-order valence-electron chi connectivity index (χ3n) is 8.37. The van der Waals surface area contributed by atoms with Crippen molar-refractivity contribution >= 4 is 8.32 Å². The molecule has 7 heteroatoms. The summed E-state index contributed by atoms with van der Waals surface area (Å²) in [4.78, 5) is 4.35. The van der Waals surface area contributed by atoms with Gasteiger partial charge in [0.05, 0.1) is 13.2 Å². The van der Waals surface area contributed by atoms with Crippen LogP contribution < -0.4 is 14.2 Å². The maximum absolute atomic E-state index is 6.82. The van der Waals surface area contributed by atoms with E-state index in [1.807, 2.05) is 36.4 Å². The molecule has 41 heavy (non-hydrogen) atoms. The quantitative estimate of drug-likeness (QED) is 0.178. The van der Waals surface area contributed by atoms with E-state index in [0.717, 1.165) is 40.2 Å². The lowest BCUT2D eigenvalue weighted by Crippen LogP contribution is -2.48. The second kappa shape index (κ2) is 13.9. The predicted molar refractivity (Wildman–Crippen MR) is 168 cm³/mol. The zero-order valence-corrected chi connectivity index (χ0v) is 27.0. The summed E-state index contributed by atoms with van der Waals surface area (Å²) in [6.45, 7) is 17.9. The lowest BCUT2D eigenvalue weighted by atomic mass is 10.0. The van der Waals surface area contributed by atoms with Gasteiger partial charge in [0, 0.05) is 42.2 Å². The number of pyridine rings is 1. The van der Waals surface area contributed by atoms with Gasteiger partial charge in [0.15, 0.2) is 14.4 Å². The van der Waals surface area contributed by atoms with Gasteiger partial charge in [-0.3, -0.25) is 0 Å². The van der Waals surface area contributed by atoms with Gasteiger partial charge in [-0.2, -0.15) is 0 Å². The molecule has 0 bridgehead atoms. The number of ether oxygens (including phenoxy) is 4. The van der Waals surface area contributed by atoms with Crippen molar-refractivity contribution in [3.8, 4) is 28.5 Å². The van der Waals surface area contributed by atoms with Crippen molar-refractivity contribution in [3.05, 3.63) is 71.9 Å². The molecule has 2 heterocycles. The van der Waals surface area contributed by atoms with E-state index in [9.17, 15) is 0 Å². The summed E-state index contributed by atoms with van der Waals surface area (Å²) >= 11 is 0. The predicted octanol–water partition coefficient (Wildman–Crippen LogP) is 8.93. The maximum atomic E-state index is 6.82. The van der Waals surface area contributed by atoms with E-state index < -0.39 is 8.32 Å². The van der Waals surface area contributed by atoms with Crippen LogP contribution in [-0.4, -0.2) is 40.2 Å². The molecular weight excluding hydrogens is 530 g/mol. The SMILES string of the molecule is CCO[C@@H](CCO[Si](C(C)C)(C(C)C)C(C)C)c1ccc(O[C@@H]2COc3c(-c4ccc(OC)nc4)cccc32)cc1. The molecule has 0 saturated carbocycles. The Bertz CT molecular complexity index is 1220. The molecule has 1 aliphatic heterocycles. The molecule has 6 nitrogen and oxygen atoms in total. The summed E-state index contributed by atoms with van der Waals surface area (Å²) in [5.41, 5.74) is 5.87. The number of fused-ring (bicyclic) bond motifs is 1. The molecule has 0 aliphatic carbocycles. The highest BCUT2D eigenvalue weighted by Gasteiger charge is 2.45. The van der Waals surface area contributed by atoms with Crippen LogP contribution in [0.1, 0.15) is 78.2 Å². The van der Waals surface area contributed by atoms with Gasteiger partial charge in [-0.1, -0.05) is 71.9 Å². The van der Waals surface area contributed by atoms with E-state index in [0.29, 0.717) is 42.3 Å². The van der Waals surface area contributed by atoms with Crippen molar-refractivity contribution in [3.63, 3.8) is 0 Å². The highest BCUT2D eigenvalue weighted by molar-refractivity contribution is 6.77. The molecular formula is C34H47NO5Si. The van der Waals surface area contributed by atoms with Gasteiger partial charge in [-0.15, -0.1) is 0 Å². The van der Waals surface area contributed by atoms with Crippen molar-refractivity contribution in [2.75, 3.05) is 26.9 Å². The lowest BCUT2D eigenvalue weighted by Gasteiger charge is -2.42. The van der Waals surface area contributed by atoms with Gasteiger partial charge in [0.2, 0.25) is 5.88 Å². The van der Waals surface area contributed by atoms with Gasteiger partial charge < -0.3 is 23.4 Å². The number of hydrogen-bond donors (Lipinski definition) is 0. The Morgan fingerprint density at radius 3 is 2.22 bits per heavy atom. The van der Waals surface area contributed by atoms with Gasteiger partial charge in [-0.25, -0.2) is 4.98 Å². The van der Waals surface area contributed by atoms with E-state index in [4.69, 9.17) is 23.4 Å². The normalized spacial score (nSPS) is 15.7. The van der Waals surface area contributed by atoms with E-state index >= 15 is 0 Å². The highest BCUT2D eigenvalue weighted by atomic mass is 28.4. The van der Waals surface area contributed by atoms with Crippen molar-refractivity contribution in [1.82, 2.24) is 4.98 Å². The van der Waals surface area contributed by atoms with Crippen LogP contribution in [-0.2, 0) is 9.16 Å². The van der Waals surface area contributed by atoms with E-state index in [1.165, 1.54) is 0 Å². The highest BCUT2D eigenvalue weighted by Crippen LogP contribution is 2.44. The number of nitrogens with zero attached hydrogens (tertiary/aromatic N) is 1. The first-order valence-electron chi connectivity index (χ1n) is 15.0. The molecule has 0 N–H and O–H groups in total. The molecule has 2 atom stereocenters. The zero-order valence-electron chi connectivity index (χ0n) is 26.0. The van der Waals surface area contributed by atoms with Gasteiger partial charge >= 0.3 is 0 Å². The Morgan fingerprint density at radius 1 is 0.927 bits per heavy atom. The number of para-hydroxylation sites is 1. The topological polar surface area (TPSA) is 59.0 Å². The summed E-state index contributed by atoms with van der Waals surface area (Å²) in [5, 5.41) is 0. The van der Waals surface area contributed by atoms with Crippen molar-refractivity contribution in [2.24, 2.45) is 0 Å². The Morgan fingerprint density at radius 2 is 1.63 bits per heavy atom. The Labute approximate surface area is 247 Å². The average molecular weight is 578 g/mol. The van der Waals surface area contributed by atoms with Crippen LogP contribution in [0.3, 0.4) is 0 Å². The van der Waals surface area contributed by atoms with Crippen LogP contribution in [0.2, 0.25) is 16.6 Å². The molecule has 4 rings (SSSR count). The molecule has 0 saturated heterocycles. The summed E-state index contributed by atoms with van der Waals surface area (Å²) in [6.07, 6.45) is 2.45. The first kappa shape index (κ1) is 31.1. The minimum atomic E-state index is -1.90. The van der Waals surface area contributed by atoms with Crippen LogP contribution in [0.25, 0.3) is 11.1 Å². The van der Waals surface area contributed by atoms with Crippen LogP contribution in [0.5, 0.6) is 17.4 Å². The van der Waals surface area contributed by atoms with E-state index in [1.54, 1.807) is 13.3 Å². The fraction of sp³-hybridized carbons (Fsp3) is 0.500. The lowest BCUT2D eigenvalue weighted by molar-refractivity contribution is 0.0439. The van der Waals surface area contributed by atoms with Crippen molar-refractivity contribution in [2.45, 2.75) is 83.7 Å². The molecule has 0 amide bonds. The number of rotatable bonds is 14. The number of hydrogen-bond acceptors (Lipinski definition) is 6. The molecule has 0 radical (unpaired) electrons. The second-order valence-electron chi connectivity index (χ2n) is 11.7. The minimum absolute atomic E-state index is 0.0107. The maximum Gasteiger partial charge on any atom is 0.212 e. The third-order valence-corrected chi connectivity index (χ3v) is 14.5. The van der Waals surface area contributed by atoms with Gasteiger partial charge in [-0.05, 0) is 53.7 Å². The molecule has 0 unspecified atom stereocenters. The Hall–Kier alpha value is -2.87. The average Bonchev–Trinajstić information content (AvgIpc) is 3.37. The van der Waals surface area contributed by atoms with Crippen LogP contribution in [0.15, 0.2) is 60.8 Å². The Kier molecular flexibility index (Phi) is 10.5. The first-order valence-corrected chi connectivity index (χ1v) is 17.1. The summed E-state index contributed by atoms with van der Waals surface area (Å²) < 4.78 is 30.7. The smallest absolute Gasteiger partial charge is 0.212 e. The zero-order chi connectivity index (χ0) is 29.6. The summed E-state index contributed by atoms with van der Waals surface area (Å²) in [5.74, 6) is 2.24. The second-order valence-corrected chi connectivity index (χ2v) is 17.2. The minimum Gasteiger partial charge on any atom is -0.488 e. The van der Waals surface area contributed by atoms with Crippen LogP contribution >= 0.6 is 0 Å². The van der Waals surface area contributed by atoms with Crippen molar-refractivity contribution in [1.29, 1.82) is 0 Å². The number of methoxy groups -OCH3 is 1. The summed E-state index contributed by atoms with van der Waals surface area (Å²) in [7, 11) is -0.289. The molecule has 2 aromatic carbocycles. The largest absolute Gasteiger partial charge is 0.488 e. The molecule has 1 aromatic heterocycles. The van der Waals surface area contributed by atoms with Gasteiger partial charge in [0.25, 0.3) is 0 Å². The molecule has 0 fully saturated rings.